The van der Waals surface area contributed by atoms with Crippen LogP contribution in [0.2, 0.25) is 0 Å². The third-order valence-corrected chi connectivity index (χ3v) is 3.06. The second kappa shape index (κ2) is 5.05. The van der Waals surface area contributed by atoms with E-state index in [0.717, 1.165) is 17.9 Å². The van der Waals surface area contributed by atoms with Crippen LogP contribution in [-0.2, 0) is 9.53 Å². The first-order valence-electron chi connectivity index (χ1n) is 6.33. The molecule has 4 nitrogen and oxygen atoms in total. The van der Waals surface area contributed by atoms with Crippen LogP contribution in [0.1, 0.15) is 26.3 Å². The van der Waals surface area contributed by atoms with Gasteiger partial charge in [-0.3, -0.25) is 5.01 Å². The Kier molecular flexibility index (Phi) is 3.62. The number of ether oxygens (including phenoxy) is 1. The summed E-state index contributed by atoms with van der Waals surface area (Å²) in [4.78, 5) is 11.2. The molecule has 2 rings (SSSR count). The predicted octanol–water partition coefficient (Wildman–Crippen LogP) is 2.67. The lowest BCUT2D eigenvalue weighted by Crippen LogP contribution is -2.29. The fourth-order valence-corrected chi connectivity index (χ4v) is 1.97. The molecule has 1 saturated heterocycles. The number of hydrazine groups is 1. The molecular formula is C15H20N2O2. The molecule has 0 radical (unpaired) electrons. The van der Waals surface area contributed by atoms with Gasteiger partial charge in [0, 0.05) is 11.6 Å². The van der Waals surface area contributed by atoms with E-state index in [1.807, 2.05) is 18.2 Å². The maximum Gasteiger partial charge on any atom is 0.330 e. The minimum absolute atomic E-state index is 0.110. The van der Waals surface area contributed by atoms with Crippen LogP contribution in [-0.4, -0.2) is 30.3 Å². The van der Waals surface area contributed by atoms with Gasteiger partial charge in [-0.1, -0.05) is 18.2 Å². The normalized spacial score (nSPS) is 18.7. The molecule has 19 heavy (non-hydrogen) atoms. The zero-order chi connectivity index (χ0) is 14.0. The number of hydrogen-bond acceptors (Lipinski definition) is 4. The van der Waals surface area contributed by atoms with Gasteiger partial charge in [0.2, 0.25) is 0 Å². The second-order valence-corrected chi connectivity index (χ2v) is 5.53. The number of rotatable bonds is 3. The maximum absolute atomic E-state index is 11.2. The Morgan fingerprint density at radius 2 is 2.00 bits per heavy atom. The van der Waals surface area contributed by atoms with Crippen molar-refractivity contribution in [3.05, 3.63) is 35.9 Å². The number of para-hydroxylation sites is 1. The lowest BCUT2D eigenvalue weighted by atomic mass is 10.1. The SMILES string of the molecule is COC(=O)/C=C/c1ccccc1N1CN1C(C)(C)C. The van der Waals surface area contributed by atoms with E-state index in [4.69, 9.17) is 0 Å². The van der Waals surface area contributed by atoms with Crippen LogP contribution in [0.4, 0.5) is 5.69 Å². The first kappa shape index (κ1) is 13.6. The van der Waals surface area contributed by atoms with Crippen LogP contribution in [0.25, 0.3) is 6.08 Å². The molecule has 0 amide bonds. The molecule has 1 aliphatic heterocycles. The topological polar surface area (TPSA) is 32.3 Å². The Bertz CT molecular complexity index is 503. The molecule has 1 aromatic rings. The molecule has 1 aliphatic rings. The van der Waals surface area contributed by atoms with Crippen LogP contribution in [0.5, 0.6) is 0 Å². The minimum Gasteiger partial charge on any atom is -0.466 e. The first-order chi connectivity index (χ1) is 8.93. The molecule has 1 fully saturated rings. The quantitative estimate of drug-likeness (QED) is 0.475. The molecule has 0 spiro atoms. The summed E-state index contributed by atoms with van der Waals surface area (Å²) in [6, 6.07) is 8.02. The van der Waals surface area contributed by atoms with Crippen molar-refractivity contribution in [3.8, 4) is 0 Å². The second-order valence-electron chi connectivity index (χ2n) is 5.53. The third-order valence-electron chi connectivity index (χ3n) is 3.06. The number of anilines is 1. The smallest absolute Gasteiger partial charge is 0.330 e. The van der Waals surface area contributed by atoms with E-state index < -0.39 is 0 Å². The summed E-state index contributed by atoms with van der Waals surface area (Å²) in [5.41, 5.74) is 2.23. The first-order valence-corrected chi connectivity index (χ1v) is 6.33. The van der Waals surface area contributed by atoms with Gasteiger partial charge < -0.3 is 4.74 Å². The minimum atomic E-state index is -0.340. The number of hydrogen-bond donors (Lipinski definition) is 0. The molecule has 0 N–H and O–H groups in total. The lowest BCUT2D eigenvalue weighted by molar-refractivity contribution is -0.134. The van der Waals surface area contributed by atoms with Crippen molar-refractivity contribution in [2.24, 2.45) is 0 Å². The van der Waals surface area contributed by atoms with Crippen molar-refractivity contribution in [1.29, 1.82) is 0 Å². The van der Waals surface area contributed by atoms with Gasteiger partial charge in [-0.05, 0) is 38.5 Å². The highest BCUT2D eigenvalue weighted by Crippen LogP contribution is 2.35. The van der Waals surface area contributed by atoms with E-state index in [1.54, 1.807) is 6.08 Å². The Hall–Kier alpha value is -1.81. The van der Waals surface area contributed by atoms with Gasteiger partial charge in [-0.25, -0.2) is 4.79 Å². The van der Waals surface area contributed by atoms with Gasteiger partial charge in [0.25, 0.3) is 0 Å². The van der Waals surface area contributed by atoms with E-state index in [2.05, 4.69) is 41.6 Å². The number of carbonyl (C=O) groups excluding carboxylic acids is 1. The largest absolute Gasteiger partial charge is 0.466 e. The standard InChI is InChI=1S/C15H20N2O2/c1-15(2,3)17-11-16(17)13-8-6-5-7-12(13)9-10-14(18)19-4/h5-10H,11H2,1-4H3/b10-9+. The van der Waals surface area contributed by atoms with Crippen molar-refractivity contribution in [3.63, 3.8) is 0 Å². The van der Waals surface area contributed by atoms with Crippen LogP contribution in [0.3, 0.4) is 0 Å². The molecular weight excluding hydrogens is 240 g/mol. The lowest BCUT2D eigenvalue weighted by Gasteiger charge is -2.21. The molecule has 1 atom stereocenters. The van der Waals surface area contributed by atoms with Crippen LogP contribution in [0, 0.1) is 0 Å². The van der Waals surface area contributed by atoms with Crippen LogP contribution < -0.4 is 5.01 Å². The summed E-state index contributed by atoms with van der Waals surface area (Å²) < 4.78 is 4.61. The van der Waals surface area contributed by atoms with Crippen LogP contribution in [0.15, 0.2) is 30.3 Å². The van der Waals surface area contributed by atoms with Gasteiger partial charge in [0.1, 0.15) is 6.67 Å². The zero-order valence-corrected chi connectivity index (χ0v) is 11.9. The summed E-state index contributed by atoms with van der Waals surface area (Å²) in [6.07, 6.45) is 3.24. The van der Waals surface area contributed by atoms with Gasteiger partial charge in [-0.15, -0.1) is 0 Å². The van der Waals surface area contributed by atoms with Crippen molar-refractivity contribution in [2.45, 2.75) is 26.3 Å². The summed E-state index contributed by atoms with van der Waals surface area (Å²) in [7, 11) is 1.38. The highest BCUT2D eigenvalue weighted by Gasteiger charge is 2.40. The summed E-state index contributed by atoms with van der Waals surface area (Å²) in [5.74, 6) is -0.340. The molecule has 4 heteroatoms. The number of methoxy groups -OCH3 is 1. The monoisotopic (exact) mass is 260 g/mol. The Morgan fingerprint density at radius 3 is 2.58 bits per heavy atom. The van der Waals surface area contributed by atoms with E-state index in [0.29, 0.717) is 0 Å². The van der Waals surface area contributed by atoms with Crippen molar-refractivity contribution in [1.82, 2.24) is 5.01 Å². The van der Waals surface area contributed by atoms with Crippen molar-refractivity contribution in [2.75, 3.05) is 18.8 Å². The van der Waals surface area contributed by atoms with Gasteiger partial charge >= 0.3 is 5.97 Å². The molecule has 1 aromatic carbocycles. The van der Waals surface area contributed by atoms with Crippen LogP contribution >= 0.6 is 0 Å². The van der Waals surface area contributed by atoms with E-state index in [9.17, 15) is 4.79 Å². The average Bonchev–Trinajstić information content (AvgIpc) is 3.16. The van der Waals surface area contributed by atoms with E-state index in [1.165, 1.54) is 13.2 Å². The Morgan fingerprint density at radius 1 is 1.32 bits per heavy atom. The number of carbonyl (C=O) groups is 1. The Balaban J connectivity index is 2.19. The molecule has 102 valence electrons. The third kappa shape index (κ3) is 3.15. The summed E-state index contributed by atoms with van der Waals surface area (Å²) in [6.45, 7) is 7.45. The van der Waals surface area contributed by atoms with Crippen molar-refractivity contribution < 1.29 is 9.53 Å². The van der Waals surface area contributed by atoms with E-state index >= 15 is 0 Å². The summed E-state index contributed by atoms with van der Waals surface area (Å²) in [5, 5.41) is 4.48. The maximum atomic E-state index is 11.2. The molecule has 0 bridgehead atoms. The average molecular weight is 260 g/mol. The molecule has 0 aliphatic carbocycles. The van der Waals surface area contributed by atoms with Gasteiger partial charge in [0.05, 0.1) is 12.8 Å². The summed E-state index contributed by atoms with van der Waals surface area (Å²) >= 11 is 0. The predicted molar refractivity (Wildman–Crippen MR) is 76.4 cm³/mol. The fourth-order valence-electron chi connectivity index (χ4n) is 1.97. The van der Waals surface area contributed by atoms with E-state index in [-0.39, 0.29) is 11.5 Å². The number of benzene rings is 1. The van der Waals surface area contributed by atoms with Gasteiger partial charge in [0.15, 0.2) is 0 Å². The fraction of sp³-hybridized carbons (Fsp3) is 0.400. The Labute approximate surface area is 114 Å². The number of esters is 1. The molecule has 1 unspecified atom stereocenters. The molecule has 0 saturated carbocycles. The molecule has 0 aromatic heterocycles. The highest BCUT2D eigenvalue weighted by molar-refractivity contribution is 5.88. The highest BCUT2D eigenvalue weighted by atomic mass is 16.5. The number of nitrogens with zero attached hydrogens (tertiary/aromatic N) is 2. The van der Waals surface area contributed by atoms with Gasteiger partial charge in [-0.2, -0.15) is 5.01 Å². The zero-order valence-electron chi connectivity index (χ0n) is 11.9. The van der Waals surface area contributed by atoms with Crippen molar-refractivity contribution >= 4 is 17.7 Å². The molecule has 1 heterocycles.